The zero-order valence-electron chi connectivity index (χ0n) is 11.5. The Bertz CT molecular complexity index is 293. The molecule has 0 aromatic rings. The van der Waals surface area contributed by atoms with Crippen LogP contribution in [-0.4, -0.2) is 26.5 Å². The van der Waals surface area contributed by atoms with Gasteiger partial charge in [-0.25, -0.2) is 0 Å². The first-order chi connectivity index (χ1) is 7.92. The molecule has 0 amide bonds. The largest absolute Gasteiger partial charge is 0.417 e. The summed E-state index contributed by atoms with van der Waals surface area (Å²) >= 11 is 0. The summed E-state index contributed by atoms with van der Waals surface area (Å²) in [4.78, 5) is 23.0. The lowest BCUT2D eigenvalue weighted by Gasteiger charge is -2.28. The molecule has 0 atom stereocenters. The SMILES string of the molecule is C=C(C)C(=O)C(=O)CC[Si](CC)(CC)OCC. The van der Waals surface area contributed by atoms with E-state index in [1.54, 1.807) is 6.92 Å². The fourth-order valence-electron chi connectivity index (χ4n) is 1.88. The highest BCUT2D eigenvalue weighted by atomic mass is 28.4. The third kappa shape index (κ3) is 4.96. The van der Waals surface area contributed by atoms with Gasteiger partial charge < -0.3 is 4.43 Å². The van der Waals surface area contributed by atoms with Gasteiger partial charge in [0.05, 0.1) is 0 Å². The van der Waals surface area contributed by atoms with Gasteiger partial charge in [-0.1, -0.05) is 20.4 Å². The van der Waals surface area contributed by atoms with Crippen LogP contribution in [0, 0.1) is 0 Å². The van der Waals surface area contributed by atoms with Gasteiger partial charge >= 0.3 is 0 Å². The maximum atomic E-state index is 11.6. The van der Waals surface area contributed by atoms with E-state index in [4.69, 9.17) is 4.43 Å². The van der Waals surface area contributed by atoms with Crippen LogP contribution in [-0.2, 0) is 14.0 Å². The molecule has 0 aliphatic rings. The van der Waals surface area contributed by atoms with Crippen LogP contribution in [0.15, 0.2) is 12.2 Å². The van der Waals surface area contributed by atoms with Gasteiger partial charge in [-0.2, -0.15) is 0 Å². The second kappa shape index (κ2) is 7.56. The summed E-state index contributed by atoms with van der Waals surface area (Å²) in [5.41, 5.74) is 0.326. The summed E-state index contributed by atoms with van der Waals surface area (Å²) in [6, 6.07) is 2.73. The molecule has 0 rings (SSSR count). The van der Waals surface area contributed by atoms with Crippen molar-refractivity contribution in [1.29, 1.82) is 0 Å². The number of rotatable bonds is 9. The zero-order chi connectivity index (χ0) is 13.5. The van der Waals surface area contributed by atoms with Gasteiger partial charge in [0.15, 0.2) is 8.32 Å². The lowest BCUT2D eigenvalue weighted by molar-refractivity contribution is -0.134. The number of Topliss-reactive ketones (excluding diaryl/α,β-unsaturated/α-hetero) is 2. The molecule has 4 heteroatoms. The van der Waals surface area contributed by atoms with Crippen molar-refractivity contribution in [3.63, 3.8) is 0 Å². The molecule has 0 fully saturated rings. The number of hydrogen-bond acceptors (Lipinski definition) is 3. The minimum absolute atomic E-state index is 0.305. The molecule has 17 heavy (non-hydrogen) atoms. The molecular weight excluding hydrogens is 232 g/mol. The molecule has 0 bridgehead atoms. The summed E-state index contributed by atoms with van der Waals surface area (Å²) in [6.07, 6.45) is 0.305. The highest BCUT2D eigenvalue weighted by Gasteiger charge is 2.31. The Morgan fingerprint density at radius 2 is 1.71 bits per heavy atom. The Hall–Kier alpha value is -0.743. The number of hydrogen-bond donors (Lipinski definition) is 0. The second-order valence-electron chi connectivity index (χ2n) is 4.36. The highest BCUT2D eigenvalue weighted by Crippen LogP contribution is 2.24. The topological polar surface area (TPSA) is 43.4 Å². The van der Waals surface area contributed by atoms with E-state index in [2.05, 4.69) is 20.4 Å². The van der Waals surface area contributed by atoms with Crippen LogP contribution in [0.4, 0.5) is 0 Å². The van der Waals surface area contributed by atoms with Crippen molar-refractivity contribution in [3.8, 4) is 0 Å². The maximum absolute atomic E-state index is 11.6. The predicted octanol–water partition coefficient (Wildman–Crippen LogP) is 3.11. The third-order valence-electron chi connectivity index (χ3n) is 3.19. The molecular formula is C13H24O3Si. The molecule has 0 N–H and O–H groups in total. The Kier molecular flexibility index (Phi) is 7.23. The van der Waals surface area contributed by atoms with Crippen molar-refractivity contribution in [2.24, 2.45) is 0 Å². The average molecular weight is 256 g/mol. The van der Waals surface area contributed by atoms with Crippen molar-refractivity contribution < 1.29 is 14.0 Å². The number of ketones is 2. The van der Waals surface area contributed by atoms with Gasteiger partial charge in [-0.15, -0.1) is 0 Å². The molecule has 0 heterocycles. The summed E-state index contributed by atoms with van der Waals surface area (Å²) in [7, 11) is -1.79. The minimum Gasteiger partial charge on any atom is -0.417 e. The molecule has 0 aromatic carbocycles. The fourth-order valence-corrected chi connectivity index (χ4v) is 4.93. The van der Waals surface area contributed by atoms with Crippen LogP contribution in [0.1, 0.15) is 34.1 Å². The zero-order valence-corrected chi connectivity index (χ0v) is 12.5. The third-order valence-corrected chi connectivity index (χ3v) is 7.83. The van der Waals surface area contributed by atoms with Crippen molar-refractivity contribution in [2.45, 2.75) is 52.2 Å². The highest BCUT2D eigenvalue weighted by molar-refractivity contribution is 6.74. The molecule has 0 saturated heterocycles. The van der Waals surface area contributed by atoms with E-state index in [-0.39, 0.29) is 5.78 Å². The summed E-state index contributed by atoms with van der Waals surface area (Å²) in [6.45, 7) is 12.0. The van der Waals surface area contributed by atoms with E-state index in [1.807, 2.05) is 6.92 Å². The van der Waals surface area contributed by atoms with E-state index in [0.717, 1.165) is 18.1 Å². The van der Waals surface area contributed by atoms with Crippen LogP contribution >= 0.6 is 0 Å². The average Bonchev–Trinajstić information content (AvgIpc) is 2.33. The first-order valence-corrected chi connectivity index (χ1v) is 8.82. The first-order valence-electron chi connectivity index (χ1n) is 6.29. The van der Waals surface area contributed by atoms with Gasteiger partial charge in [0.2, 0.25) is 11.6 Å². The van der Waals surface area contributed by atoms with E-state index in [0.29, 0.717) is 18.6 Å². The normalized spacial score (nSPS) is 11.3. The minimum atomic E-state index is -1.79. The molecule has 0 aliphatic carbocycles. The monoisotopic (exact) mass is 256 g/mol. The van der Waals surface area contributed by atoms with Crippen LogP contribution < -0.4 is 0 Å². The quantitative estimate of drug-likeness (QED) is 0.362. The first kappa shape index (κ1) is 16.3. The van der Waals surface area contributed by atoms with Crippen molar-refractivity contribution >= 4 is 19.9 Å². The standard InChI is InChI=1S/C13H24O3Si/c1-6-16-17(7-2,8-3)10-9-12(14)13(15)11(4)5/h4,6-10H2,1-3,5H3. The lowest BCUT2D eigenvalue weighted by atomic mass is 10.1. The van der Waals surface area contributed by atoms with Crippen LogP contribution in [0.2, 0.25) is 18.1 Å². The molecule has 98 valence electrons. The Labute approximate surface area is 105 Å². The summed E-state index contributed by atoms with van der Waals surface area (Å²) in [5.74, 6) is -0.757. The lowest BCUT2D eigenvalue weighted by Crippen LogP contribution is -2.37. The molecule has 0 saturated carbocycles. The van der Waals surface area contributed by atoms with Crippen molar-refractivity contribution in [1.82, 2.24) is 0 Å². The van der Waals surface area contributed by atoms with Gasteiger partial charge in [-0.05, 0) is 37.6 Å². The molecule has 3 nitrogen and oxygen atoms in total. The molecule has 0 radical (unpaired) electrons. The molecule has 0 aromatic heterocycles. The smallest absolute Gasteiger partial charge is 0.223 e. The van der Waals surface area contributed by atoms with Gasteiger partial charge in [0.25, 0.3) is 0 Å². The molecule has 0 spiro atoms. The molecule has 0 aliphatic heterocycles. The van der Waals surface area contributed by atoms with E-state index >= 15 is 0 Å². The maximum Gasteiger partial charge on any atom is 0.223 e. The Balaban J connectivity index is 4.45. The number of allylic oxidation sites excluding steroid dienone is 1. The number of carbonyl (C=O) groups excluding carboxylic acids is 2. The van der Waals surface area contributed by atoms with E-state index < -0.39 is 14.1 Å². The van der Waals surface area contributed by atoms with E-state index in [1.165, 1.54) is 0 Å². The summed E-state index contributed by atoms with van der Waals surface area (Å²) < 4.78 is 5.87. The van der Waals surface area contributed by atoms with Crippen LogP contribution in [0.3, 0.4) is 0 Å². The summed E-state index contributed by atoms with van der Waals surface area (Å²) in [5, 5.41) is 0. The Morgan fingerprint density at radius 1 is 1.18 bits per heavy atom. The van der Waals surface area contributed by atoms with Crippen LogP contribution in [0.25, 0.3) is 0 Å². The predicted molar refractivity (Wildman–Crippen MR) is 72.6 cm³/mol. The van der Waals surface area contributed by atoms with Gasteiger partial charge in [-0.3, -0.25) is 9.59 Å². The van der Waals surface area contributed by atoms with E-state index in [9.17, 15) is 9.59 Å². The van der Waals surface area contributed by atoms with Crippen molar-refractivity contribution in [2.75, 3.05) is 6.61 Å². The van der Waals surface area contributed by atoms with Crippen LogP contribution in [0.5, 0.6) is 0 Å². The number of carbonyl (C=O) groups is 2. The fraction of sp³-hybridized carbons (Fsp3) is 0.692. The van der Waals surface area contributed by atoms with Crippen molar-refractivity contribution in [3.05, 3.63) is 12.2 Å². The molecule has 0 unspecified atom stereocenters. The van der Waals surface area contributed by atoms with Gasteiger partial charge in [0, 0.05) is 13.0 Å². The second-order valence-corrected chi connectivity index (χ2v) is 8.92. The Morgan fingerprint density at radius 3 is 2.06 bits per heavy atom. The van der Waals surface area contributed by atoms with Gasteiger partial charge in [0.1, 0.15) is 0 Å².